The Labute approximate surface area is 96.9 Å². The summed E-state index contributed by atoms with van der Waals surface area (Å²) >= 11 is 0. The third-order valence-corrected chi connectivity index (χ3v) is 2.72. The average Bonchev–Trinajstić information content (AvgIpc) is 2.75. The Morgan fingerprint density at radius 3 is 2.38 bits per heavy atom. The number of aliphatic hydroxyl groups is 2. The van der Waals surface area contributed by atoms with E-state index in [0.717, 1.165) is 0 Å². The molecule has 0 aliphatic heterocycles. The number of nitrogens with two attached hydrogens (primary N) is 1. The molecule has 16 heavy (non-hydrogen) atoms. The summed E-state index contributed by atoms with van der Waals surface area (Å²) in [7, 11) is 0. The van der Waals surface area contributed by atoms with E-state index in [0.29, 0.717) is 0 Å². The number of fused-ring (bicyclic) bond motifs is 1. The number of aryl methyl sites for hydroxylation is 3. The maximum absolute atomic E-state index is 8.05. The molecule has 0 fully saturated rings. The molecule has 0 spiro atoms. The van der Waals surface area contributed by atoms with Crippen LogP contribution in [0.25, 0.3) is 0 Å². The molecular formula is C13H21NO2. The van der Waals surface area contributed by atoms with Gasteiger partial charge in [-0.25, -0.2) is 0 Å². The fourth-order valence-corrected chi connectivity index (χ4v) is 1.76. The number of aliphatic hydroxyl groups excluding tert-OH is 2. The van der Waals surface area contributed by atoms with Crippen molar-refractivity contribution in [1.82, 2.24) is 0 Å². The highest BCUT2D eigenvalue weighted by Gasteiger charge is 2.08. The minimum atomic E-state index is -0.454. The Kier molecular flexibility index (Phi) is 5.46. The standard InChI is InChI=1S/C10H12.C3H9NO2/c1-8-5-6-9-3-2-4-10(9)7-8;4-3(1-5)2-6/h5-7H,2-4H2,1H3;3,5-6H,1-2,4H2. The fraction of sp³-hybridized carbons (Fsp3) is 0.538. The zero-order valence-corrected chi connectivity index (χ0v) is 9.82. The number of hydrogen-bond donors (Lipinski definition) is 3. The summed E-state index contributed by atoms with van der Waals surface area (Å²) in [6.45, 7) is 1.88. The molecule has 90 valence electrons. The molecular weight excluding hydrogens is 202 g/mol. The first kappa shape index (κ1) is 13.2. The predicted octanol–water partition coefficient (Wildman–Crippen LogP) is 0.782. The molecule has 0 unspecified atom stereocenters. The maximum atomic E-state index is 8.05. The lowest BCUT2D eigenvalue weighted by atomic mass is 10.1. The third-order valence-electron chi connectivity index (χ3n) is 2.72. The summed E-state index contributed by atoms with van der Waals surface area (Å²) in [5.41, 5.74) is 9.53. The van der Waals surface area contributed by atoms with Crippen LogP contribution >= 0.6 is 0 Å². The SMILES string of the molecule is Cc1ccc2c(c1)CCC2.NC(CO)CO. The van der Waals surface area contributed by atoms with Crippen molar-refractivity contribution in [3.05, 3.63) is 34.9 Å². The van der Waals surface area contributed by atoms with E-state index >= 15 is 0 Å². The average molecular weight is 223 g/mol. The highest BCUT2D eigenvalue weighted by Crippen LogP contribution is 2.22. The summed E-state index contributed by atoms with van der Waals surface area (Å²) in [6, 6.07) is 6.36. The summed E-state index contributed by atoms with van der Waals surface area (Å²) < 4.78 is 0. The molecule has 3 nitrogen and oxygen atoms in total. The Bertz CT molecular complexity index is 322. The smallest absolute Gasteiger partial charge is 0.0605 e. The number of benzene rings is 1. The number of rotatable bonds is 2. The van der Waals surface area contributed by atoms with Crippen molar-refractivity contribution in [1.29, 1.82) is 0 Å². The second-order valence-electron chi connectivity index (χ2n) is 4.25. The molecule has 3 heteroatoms. The molecule has 1 aliphatic rings. The van der Waals surface area contributed by atoms with Gasteiger partial charge in [0, 0.05) is 0 Å². The van der Waals surface area contributed by atoms with Crippen molar-refractivity contribution < 1.29 is 10.2 Å². The van der Waals surface area contributed by atoms with E-state index in [-0.39, 0.29) is 13.2 Å². The highest BCUT2D eigenvalue weighted by molar-refractivity contribution is 5.34. The quantitative estimate of drug-likeness (QED) is 0.694. The van der Waals surface area contributed by atoms with Crippen LogP contribution in [0.1, 0.15) is 23.1 Å². The van der Waals surface area contributed by atoms with Crippen LogP contribution in [-0.2, 0) is 12.8 Å². The summed E-state index contributed by atoms with van der Waals surface area (Å²) in [6.07, 6.45) is 3.96. The van der Waals surface area contributed by atoms with Crippen LogP contribution in [0.3, 0.4) is 0 Å². The topological polar surface area (TPSA) is 66.5 Å². The first-order valence-corrected chi connectivity index (χ1v) is 5.73. The summed E-state index contributed by atoms with van der Waals surface area (Å²) in [5.74, 6) is 0. The second-order valence-corrected chi connectivity index (χ2v) is 4.25. The summed E-state index contributed by atoms with van der Waals surface area (Å²) in [5, 5.41) is 16.1. The lowest BCUT2D eigenvalue weighted by molar-refractivity contribution is 0.194. The van der Waals surface area contributed by atoms with Gasteiger partial charge in [-0.05, 0) is 37.3 Å². The fourth-order valence-electron chi connectivity index (χ4n) is 1.76. The minimum absolute atomic E-state index is 0.142. The van der Waals surface area contributed by atoms with E-state index in [9.17, 15) is 0 Å². The minimum Gasteiger partial charge on any atom is -0.395 e. The van der Waals surface area contributed by atoms with Crippen LogP contribution in [0.4, 0.5) is 0 Å². The molecule has 0 saturated heterocycles. The van der Waals surface area contributed by atoms with Gasteiger partial charge in [0.2, 0.25) is 0 Å². The second kappa shape index (κ2) is 6.63. The molecule has 0 radical (unpaired) electrons. The lowest BCUT2D eigenvalue weighted by Crippen LogP contribution is -2.27. The van der Waals surface area contributed by atoms with Crippen molar-refractivity contribution in [2.24, 2.45) is 5.73 Å². The van der Waals surface area contributed by atoms with Gasteiger partial charge in [-0.3, -0.25) is 0 Å². The van der Waals surface area contributed by atoms with E-state index in [2.05, 4.69) is 25.1 Å². The Morgan fingerprint density at radius 1 is 1.19 bits per heavy atom. The van der Waals surface area contributed by atoms with Crippen LogP contribution in [0.5, 0.6) is 0 Å². The zero-order valence-electron chi connectivity index (χ0n) is 9.82. The molecule has 0 aromatic heterocycles. The molecule has 1 aliphatic carbocycles. The molecule has 0 bridgehead atoms. The van der Waals surface area contributed by atoms with Crippen molar-refractivity contribution in [2.45, 2.75) is 32.2 Å². The Hall–Kier alpha value is -0.900. The molecule has 1 aromatic carbocycles. The largest absolute Gasteiger partial charge is 0.395 e. The van der Waals surface area contributed by atoms with E-state index in [1.54, 1.807) is 11.1 Å². The Morgan fingerprint density at radius 2 is 1.81 bits per heavy atom. The van der Waals surface area contributed by atoms with Gasteiger partial charge in [0.1, 0.15) is 0 Å². The van der Waals surface area contributed by atoms with Crippen LogP contribution < -0.4 is 5.73 Å². The van der Waals surface area contributed by atoms with Crippen molar-refractivity contribution in [2.75, 3.05) is 13.2 Å². The van der Waals surface area contributed by atoms with Gasteiger partial charge in [0.25, 0.3) is 0 Å². The van der Waals surface area contributed by atoms with Gasteiger partial charge >= 0.3 is 0 Å². The molecule has 1 aromatic rings. The predicted molar refractivity (Wildman–Crippen MR) is 65.4 cm³/mol. The number of hydrogen-bond acceptors (Lipinski definition) is 3. The molecule has 0 heterocycles. The van der Waals surface area contributed by atoms with Crippen molar-refractivity contribution >= 4 is 0 Å². The first-order valence-electron chi connectivity index (χ1n) is 5.73. The first-order chi connectivity index (χ1) is 7.67. The van der Waals surface area contributed by atoms with E-state index < -0.39 is 6.04 Å². The zero-order chi connectivity index (χ0) is 12.0. The van der Waals surface area contributed by atoms with E-state index in [4.69, 9.17) is 15.9 Å². The molecule has 0 atom stereocenters. The Balaban J connectivity index is 0.000000187. The van der Waals surface area contributed by atoms with Crippen molar-refractivity contribution in [3.63, 3.8) is 0 Å². The van der Waals surface area contributed by atoms with Crippen LogP contribution in [0.2, 0.25) is 0 Å². The summed E-state index contributed by atoms with van der Waals surface area (Å²) in [4.78, 5) is 0. The maximum Gasteiger partial charge on any atom is 0.0605 e. The van der Waals surface area contributed by atoms with Crippen LogP contribution in [0.15, 0.2) is 18.2 Å². The van der Waals surface area contributed by atoms with Gasteiger partial charge in [0.05, 0.1) is 19.3 Å². The van der Waals surface area contributed by atoms with E-state index in [1.807, 2.05) is 0 Å². The van der Waals surface area contributed by atoms with E-state index in [1.165, 1.54) is 24.8 Å². The van der Waals surface area contributed by atoms with Gasteiger partial charge in [-0.15, -0.1) is 0 Å². The lowest BCUT2D eigenvalue weighted by Gasteiger charge is -1.98. The van der Waals surface area contributed by atoms with Crippen LogP contribution in [0, 0.1) is 6.92 Å². The molecule has 4 N–H and O–H groups in total. The van der Waals surface area contributed by atoms with Gasteiger partial charge in [-0.2, -0.15) is 0 Å². The van der Waals surface area contributed by atoms with Crippen LogP contribution in [-0.4, -0.2) is 29.5 Å². The normalized spacial score (nSPS) is 13.3. The van der Waals surface area contributed by atoms with Gasteiger partial charge in [0.15, 0.2) is 0 Å². The molecule has 2 rings (SSSR count). The third kappa shape index (κ3) is 3.93. The van der Waals surface area contributed by atoms with Crippen molar-refractivity contribution in [3.8, 4) is 0 Å². The monoisotopic (exact) mass is 223 g/mol. The molecule has 0 amide bonds. The van der Waals surface area contributed by atoms with Gasteiger partial charge in [-0.1, -0.05) is 23.8 Å². The van der Waals surface area contributed by atoms with Gasteiger partial charge < -0.3 is 15.9 Å². The molecule has 0 saturated carbocycles. The highest BCUT2D eigenvalue weighted by atomic mass is 16.3.